The Balaban J connectivity index is 0.000000257. The minimum absolute atomic E-state index is 0.196. The summed E-state index contributed by atoms with van der Waals surface area (Å²) in [6.07, 6.45) is 1.67. The molecule has 0 aliphatic rings. The molecule has 2 aromatic carbocycles. The molecule has 25 heavy (non-hydrogen) atoms. The maximum atomic E-state index is 5.97. The smallest absolute Gasteiger partial charge is 0.0809 e. The fraction of sp³-hybridized carbons (Fsp3) is 0.250. The molecule has 0 nitrogen and oxygen atoms in total. The van der Waals surface area contributed by atoms with Gasteiger partial charge in [0.05, 0.1) is 25.1 Å². The average Bonchev–Trinajstić information content (AvgIpc) is 2.58. The van der Waals surface area contributed by atoms with Crippen LogP contribution in [-0.2, 0) is 12.8 Å². The third-order valence-electron chi connectivity index (χ3n) is 3.02. The van der Waals surface area contributed by atoms with Gasteiger partial charge in [-0.25, -0.2) is 0 Å². The molecule has 0 aliphatic heterocycles. The van der Waals surface area contributed by atoms with E-state index in [0.717, 1.165) is 26.6 Å². The Kier molecular flexibility index (Phi) is 12.1. The lowest BCUT2D eigenvalue weighted by Crippen LogP contribution is -1.92. The van der Waals surface area contributed by atoms with E-state index >= 15 is 0 Å². The van der Waals surface area contributed by atoms with E-state index in [1.54, 1.807) is 0 Å². The summed E-state index contributed by atoms with van der Waals surface area (Å²) < 4.78 is 1.09. The summed E-state index contributed by atoms with van der Waals surface area (Å²) >= 11 is 45.4. The first-order valence-corrected chi connectivity index (χ1v) is 12.1. The van der Waals surface area contributed by atoms with Gasteiger partial charge in [-0.15, -0.1) is 0 Å². The van der Waals surface area contributed by atoms with Gasteiger partial charge in [0.15, 0.2) is 0 Å². The van der Waals surface area contributed by atoms with Crippen LogP contribution in [0.4, 0.5) is 0 Å². The number of alkyl halides is 2. The van der Waals surface area contributed by atoms with Gasteiger partial charge < -0.3 is 0 Å². The van der Waals surface area contributed by atoms with Crippen LogP contribution in [0.15, 0.2) is 22.7 Å². The summed E-state index contributed by atoms with van der Waals surface area (Å²) in [4.78, 5) is 0. The van der Waals surface area contributed by atoms with E-state index in [2.05, 4.69) is 47.8 Å². The van der Waals surface area contributed by atoms with Crippen molar-refractivity contribution in [3.63, 3.8) is 0 Å². The van der Waals surface area contributed by atoms with Crippen LogP contribution in [0.2, 0.25) is 30.1 Å². The Morgan fingerprint density at radius 2 is 1.16 bits per heavy atom. The molecule has 2 aromatic rings. The standard InChI is InChI=1S/C8H7Br2Cl.C8H4BrCl5/c9-4-3-6-1-2-7(11)5-8(6)10;9-2-1-3-4(10)6(12)8(14)7(13)5(3)11/h1-2,5H,3-4H2;1-2H2. The monoisotopic (exact) mass is 650 g/mol. The molecule has 0 spiro atoms. The van der Waals surface area contributed by atoms with Crippen LogP contribution in [0.1, 0.15) is 11.1 Å². The van der Waals surface area contributed by atoms with Gasteiger partial charge >= 0.3 is 0 Å². The normalized spacial score (nSPS) is 10.4. The fourth-order valence-corrected chi connectivity index (χ4v) is 4.86. The Labute approximate surface area is 202 Å². The number of hydrogen-bond donors (Lipinski definition) is 0. The molecule has 2 rings (SSSR count). The van der Waals surface area contributed by atoms with Gasteiger partial charge in [-0.3, -0.25) is 0 Å². The van der Waals surface area contributed by atoms with Crippen molar-refractivity contribution in [3.8, 4) is 0 Å². The summed E-state index contributed by atoms with van der Waals surface area (Å²) in [6.45, 7) is 0. The summed E-state index contributed by atoms with van der Waals surface area (Å²) in [5, 5.41) is 3.90. The first kappa shape index (κ1) is 24.7. The second kappa shape index (κ2) is 12.2. The second-order valence-corrected chi connectivity index (χ2v) is 9.43. The number of halogens is 9. The van der Waals surface area contributed by atoms with Crippen LogP contribution >= 0.6 is 117 Å². The molecule has 9 heteroatoms. The molecule has 0 unspecified atom stereocenters. The molecule has 0 N–H and O–H groups in total. The van der Waals surface area contributed by atoms with Crippen LogP contribution in [0.3, 0.4) is 0 Å². The van der Waals surface area contributed by atoms with Gasteiger partial charge in [0.2, 0.25) is 0 Å². The van der Waals surface area contributed by atoms with Crippen molar-refractivity contribution in [1.82, 2.24) is 0 Å². The maximum Gasteiger partial charge on any atom is 0.0809 e. The van der Waals surface area contributed by atoms with E-state index in [0.29, 0.717) is 22.0 Å². The van der Waals surface area contributed by atoms with Crippen molar-refractivity contribution in [2.45, 2.75) is 12.8 Å². The number of rotatable bonds is 4. The summed E-state index contributed by atoms with van der Waals surface area (Å²) in [5.74, 6) is 0. The highest BCUT2D eigenvalue weighted by Crippen LogP contribution is 2.44. The predicted octanol–water partition coefficient (Wildman–Crippen LogP) is 9.93. The topological polar surface area (TPSA) is 0 Å². The summed E-state index contributed by atoms with van der Waals surface area (Å²) in [7, 11) is 0. The van der Waals surface area contributed by atoms with E-state index in [-0.39, 0.29) is 15.1 Å². The van der Waals surface area contributed by atoms with Crippen molar-refractivity contribution in [2.24, 2.45) is 0 Å². The number of hydrogen-bond acceptors (Lipinski definition) is 0. The van der Waals surface area contributed by atoms with Crippen molar-refractivity contribution >= 4 is 117 Å². The van der Waals surface area contributed by atoms with Gasteiger partial charge in [-0.1, -0.05) is 123 Å². The fourth-order valence-electron chi connectivity index (χ4n) is 1.79. The lowest BCUT2D eigenvalue weighted by molar-refractivity contribution is 1.15. The van der Waals surface area contributed by atoms with E-state index < -0.39 is 0 Å². The van der Waals surface area contributed by atoms with Crippen LogP contribution < -0.4 is 0 Å². The average molecular weight is 656 g/mol. The SMILES string of the molecule is Clc1c(Cl)c(Cl)c(CCBr)c(Cl)c1Cl.Clc1ccc(CCBr)c(Br)c1. The minimum atomic E-state index is 0.196. The molecule has 0 radical (unpaired) electrons. The summed E-state index contributed by atoms with van der Waals surface area (Å²) in [6, 6.07) is 5.86. The first-order valence-electron chi connectivity index (χ1n) is 6.80. The minimum Gasteiger partial charge on any atom is -0.0924 e. The third kappa shape index (κ3) is 7.18. The molecule has 0 saturated heterocycles. The van der Waals surface area contributed by atoms with Gasteiger partial charge in [0.25, 0.3) is 0 Å². The highest BCUT2D eigenvalue weighted by molar-refractivity contribution is 9.10. The highest BCUT2D eigenvalue weighted by atomic mass is 79.9. The van der Waals surface area contributed by atoms with E-state index in [4.69, 9.17) is 69.6 Å². The third-order valence-corrected chi connectivity index (χ3v) is 7.15. The first-order chi connectivity index (χ1) is 11.7. The van der Waals surface area contributed by atoms with E-state index in [1.807, 2.05) is 18.2 Å². The van der Waals surface area contributed by atoms with Crippen molar-refractivity contribution in [1.29, 1.82) is 0 Å². The molecule has 0 amide bonds. The van der Waals surface area contributed by atoms with Crippen molar-refractivity contribution in [2.75, 3.05) is 10.7 Å². The Morgan fingerprint density at radius 1 is 0.680 bits per heavy atom. The zero-order chi connectivity index (χ0) is 19.1. The highest BCUT2D eigenvalue weighted by Gasteiger charge is 2.18. The van der Waals surface area contributed by atoms with Crippen LogP contribution in [0, 0.1) is 0 Å². The molecule has 0 aliphatic carbocycles. The number of aryl methyl sites for hydroxylation is 1. The van der Waals surface area contributed by atoms with Crippen molar-refractivity contribution < 1.29 is 0 Å². The molecule has 0 fully saturated rings. The van der Waals surface area contributed by atoms with Crippen LogP contribution in [0.5, 0.6) is 0 Å². The van der Waals surface area contributed by atoms with E-state index in [9.17, 15) is 0 Å². The van der Waals surface area contributed by atoms with Gasteiger partial charge in [0.1, 0.15) is 0 Å². The van der Waals surface area contributed by atoms with Gasteiger partial charge in [-0.2, -0.15) is 0 Å². The molecule has 0 aromatic heterocycles. The molecular formula is C16H11Br3Cl6. The predicted molar refractivity (Wildman–Crippen MR) is 126 cm³/mol. The second-order valence-electron chi connectivity index (χ2n) is 4.66. The molecular weight excluding hydrogens is 645 g/mol. The van der Waals surface area contributed by atoms with Crippen molar-refractivity contribution in [3.05, 3.63) is 63.9 Å². The number of benzene rings is 2. The lowest BCUT2D eigenvalue weighted by Gasteiger charge is -2.10. The maximum absolute atomic E-state index is 5.97. The Hall–Kier alpha value is 1.62. The molecule has 0 saturated carbocycles. The zero-order valence-corrected chi connectivity index (χ0v) is 21.8. The van der Waals surface area contributed by atoms with Gasteiger partial charge in [0, 0.05) is 20.2 Å². The zero-order valence-electron chi connectivity index (χ0n) is 12.5. The molecule has 0 bridgehead atoms. The van der Waals surface area contributed by atoms with Crippen LogP contribution in [0.25, 0.3) is 0 Å². The Bertz CT molecular complexity index is 707. The Morgan fingerprint density at radius 3 is 1.60 bits per heavy atom. The molecule has 138 valence electrons. The largest absolute Gasteiger partial charge is 0.0924 e. The van der Waals surface area contributed by atoms with Crippen LogP contribution in [-0.4, -0.2) is 10.7 Å². The molecule has 0 heterocycles. The quantitative estimate of drug-likeness (QED) is 0.175. The lowest BCUT2D eigenvalue weighted by atomic mass is 10.2. The van der Waals surface area contributed by atoms with E-state index in [1.165, 1.54) is 5.56 Å². The summed E-state index contributed by atoms with van der Waals surface area (Å²) in [5.41, 5.74) is 2.00. The molecule has 0 atom stereocenters. The van der Waals surface area contributed by atoms with Gasteiger partial charge in [-0.05, 0) is 36.1 Å².